The monoisotopic (exact) mass is 484 g/mol. The van der Waals surface area contributed by atoms with Crippen LogP contribution in [0.4, 0.5) is 0 Å². The minimum Gasteiger partial charge on any atom is -0.455 e. The predicted molar refractivity (Wildman–Crippen MR) is 130 cm³/mol. The van der Waals surface area contributed by atoms with Crippen molar-refractivity contribution >= 4 is 37.4 Å². The van der Waals surface area contributed by atoms with Crippen molar-refractivity contribution in [2.45, 2.75) is 5.60 Å². The summed E-state index contributed by atoms with van der Waals surface area (Å²) < 4.78 is 8.44. The van der Waals surface area contributed by atoms with Gasteiger partial charge in [-0.3, -0.25) is 0 Å². The topological polar surface area (TPSA) is 29.5 Å². The van der Waals surface area contributed by atoms with Crippen LogP contribution >= 0.6 is 27.3 Å². The first-order chi connectivity index (χ1) is 15.2. The van der Waals surface area contributed by atoms with Crippen molar-refractivity contribution in [2.75, 3.05) is 0 Å². The molecule has 0 radical (unpaired) electrons. The Balaban J connectivity index is 1.71. The molecule has 150 valence electrons. The van der Waals surface area contributed by atoms with E-state index in [-0.39, 0.29) is 0 Å². The second-order valence-corrected chi connectivity index (χ2v) is 9.59. The summed E-state index contributed by atoms with van der Waals surface area (Å²) >= 11 is 5.15. The van der Waals surface area contributed by atoms with Crippen LogP contribution in [0.3, 0.4) is 0 Å². The number of aliphatic hydroxyl groups is 1. The zero-order valence-electron chi connectivity index (χ0n) is 16.4. The molecule has 1 aromatic heterocycles. The Labute approximate surface area is 192 Å². The average Bonchev–Trinajstić information content (AvgIpc) is 3.18. The van der Waals surface area contributed by atoms with Gasteiger partial charge in [0.1, 0.15) is 5.75 Å². The Bertz CT molecular complexity index is 1440. The van der Waals surface area contributed by atoms with Gasteiger partial charge in [-0.2, -0.15) is 0 Å². The lowest BCUT2D eigenvalue weighted by Gasteiger charge is -2.35. The fourth-order valence-electron chi connectivity index (χ4n) is 4.41. The van der Waals surface area contributed by atoms with Crippen molar-refractivity contribution < 1.29 is 9.84 Å². The van der Waals surface area contributed by atoms with Gasteiger partial charge in [0.2, 0.25) is 0 Å². The Hall–Kier alpha value is -2.92. The molecule has 0 saturated heterocycles. The summed E-state index contributed by atoms with van der Waals surface area (Å²) in [4.78, 5) is 0.808. The molecular weight excluding hydrogens is 468 g/mol. The highest BCUT2D eigenvalue weighted by molar-refractivity contribution is 9.10. The van der Waals surface area contributed by atoms with E-state index in [9.17, 15) is 5.11 Å². The molecule has 0 bridgehead atoms. The highest BCUT2D eigenvalue weighted by Crippen LogP contribution is 2.57. The molecule has 1 N–H and O–H groups in total. The molecule has 5 aromatic rings. The molecule has 1 aliphatic rings. The van der Waals surface area contributed by atoms with Crippen LogP contribution in [-0.2, 0) is 5.60 Å². The first kappa shape index (κ1) is 18.8. The molecule has 1 unspecified atom stereocenters. The molecule has 0 spiro atoms. The fourth-order valence-corrected chi connectivity index (χ4v) is 6.21. The largest absolute Gasteiger partial charge is 0.455 e. The number of ether oxygens (including phenoxy) is 1. The number of rotatable bonds is 2. The summed E-state index contributed by atoms with van der Waals surface area (Å²) in [5.41, 5.74) is 2.36. The van der Waals surface area contributed by atoms with Crippen LogP contribution in [0, 0.1) is 0 Å². The van der Waals surface area contributed by atoms with E-state index in [0.29, 0.717) is 5.75 Å². The Morgan fingerprint density at radius 3 is 2.32 bits per heavy atom. The molecule has 4 heteroatoms. The predicted octanol–water partition coefficient (Wildman–Crippen LogP) is 7.72. The lowest BCUT2D eigenvalue weighted by Crippen LogP contribution is -2.31. The Morgan fingerprint density at radius 1 is 0.774 bits per heavy atom. The summed E-state index contributed by atoms with van der Waals surface area (Å²) in [7, 11) is 0. The second-order valence-electron chi connectivity index (χ2n) is 7.62. The molecule has 2 heterocycles. The summed E-state index contributed by atoms with van der Waals surface area (Å²) in [6.07, 6.45) is 0. The molecule has 0 aliphatic carbocycles. The fraction of sp³-hybridized carbons (Fsp3) is 0.0370. The van der Waals surface area contributed by atoms with Crippen LogP contribution < -0.4 is 4.74 Å². The van der Waals surface area contributed by atoms with Crippen molar-refractivity contribution in [2.24, 2.45) is 0 Å². The van der Waals surface area contributed by atoms with E-state index in [1.165, 1.54) is 0 Å². The first-order valence-corrected chi connectivity index (χ1v) is 11.6. The number of hydrogen-bond donors (Lipinski definition) is 1. The molecule has 0 amide bonds. The molecule has 4 aromatic carbocycles. The summed E-state index contributed by atoms with van der Waals surface area (Å²) in [5, 5.41) is 13.6. The lowest BCUT2D eigenvalue weighted by molar-refractivity contribution is 0.118. The van der Waals surface area contributed by atoms with Crippen molar-refractivity contribution in [3.63, 3.8) is 0 Å². The van der Waals surface area contributed by atoms with E-state index in [0.717, 1.165) is 47.4 Å². The molecule has 1 atom stereocenters. The van der Waals surface area contributed by atoms with E-state index in [1.807, 2.05) is 72.8 Å². The normalized spacial score (nSPS) is 17.1. The minimum atomic E-state index is -1.33. The second kappa shape index (κ2) is 7.06. The number of hydrogen-bond acceptors (Lipinski definition) is 3. The van der Waals surface area contributed by atoms with E-state index in [1.54, 1.807) is 11.3 Å². The van der Waals surface area contributed by atoms with E-state index in [4.69, 9.17) is 4.74 Å². The van der Waals surface area contributed by atoms with E-state index >= 15 is 0 Å². The number of halogens is 1. The first-order valence-electron chi connectivity index (χ1n) is 10.0. The van der Waals surface area contributed by atoms with Crippen LogP contribution in [0.2, 0.25) is 0 Å². The van der Waals surface area contributed by atoms with Gasteiger partial charge in [-0.05, 0) is 35.4 Å². The number of para-hydroxylation sites is 1. The van der Waals surface area contributed by atoms with Gasteiger partial charge in [-0.25, -0.2) is 0 Å². The van der Waals surface area contributed by atoms with Crippen molar-refractivity contribution in [1.82, 2.24) is 0 Å². The van der Waals surface area contributed by atoms with Crippen LogP contribution in [0.15, 0.2) is 102 Å². The minimum absolute atomic E-state index is 0.683. The SMILES string of the molecule is OC1(c2ccccc2-c2ccccc2)c2ccccc2Oc2c1sc1cc(Br)ccc21. The van der Waals surface area contributed by atoms with Crippen molar-refractivity contribution in [1.29, 1.82) is 0 Å². The van der Waals surface area contributed by atoms with Crippen LogP contribution in [-0.4, -0.2) is 5.11 Å². The van der Waals surface area contributed by atoms with Gasteiger partial charge in [-0.1, -0.05) is 88.7 Å². The Morgan fingerprint density at radius 2 is 1.48 bits per heavy atom. The molecule has 1 aliphatic heterocycles. The average molecular weight is 485 g/mol. The summed E-state index contributed by atoms with van der Waals surface area (Å²) in [5.74, 6) is 1.42. The molecular formula is C27H17BrO2S. The summed E-state index contributed by atoms with van der Waals surface area (Å²) in [6.45, 7) is 0. The smallest absolute Gasteiger partial charge is 0.157 e. The van der Waals surface area contributed by atoms with Crippen molar-refractivity contribution in [3.05, 3.63) is 118 Å². The lowest BCUT2D eigenvalue weighted by atomic mass is 9.79. The summed E-state index contributed by atoms with van der Waals surface area (Å²) in [6, 6.07) is 32.2. The molecule has 0 saturated carbocycles. The third-order valence-electron chi connectivity index (χ3n) is 5.83. The zero-order chi connectivity index (χ0) is 21.0. The molecule has 31 heavy (non-hydrogen) atoms. The van der Waals surface area contributed by atoms with E-state index in [2.05, 4.69) is 40.2 Å². The third-order valence-corrected chi connectivity index (χ3v) is 7.56. The van der Waals surface area contributed by atoms with Gasteiger partial charge in [0.05, 0.1) is 4.88 Å². The highest BCUT2D eigenvalue weighted by atomic mass is 79.9. The molecule has 2 nitrogen and oxygen atoms in total. The number of thiophene rings is 1. The number of benzene rings is 4. The standard InChI is InChI=1S/C27H17BrO2S/c28-18-14-15-20-24(16-18)31-26-25(20)30-23-13-7-6-12-22(23)27(26,29)21-11-5-4-10-19(21)17-8-2-1-3-9-17/h1-16,29H. The van der Waals surface area contributed by atoms with Crippen molar-refractivity contribution in [3.8, 4) is 22.6 Å². The van der Waals surface area contributed by atoms with Gasteiger partial charge >= 0.3 is 0 Å². The number of fused-ring (bicyclic) bond motifs is 4. The van der Waals surface area contributed by atoms with Gasteiger partial charge in [-0.15, -0.1) is 11.3 Å². The highest BCUT2D eigenvalue weighted by Gasteiger charge is 2.45. The van der Waals surface area contributed by atoms with E-state index < -0.39 is 5.60 Å². The van der Waals surface area contributed by atoms with Gasteiger partial charge in [0.15, 0.2) is 11.4 Å². The maximum atomic E-state index is 12.6. The zero-order valence-corrected chi connectivity index (χ0v) is 18.8. The maximum absolute atomic E-state index is 12.6. The van der Waals surface area contributed by atoms with Gasteiger partial charge in [0, 0.05) is 25.7 Å². The maximum Gasteiger partial charge on any atom is 0.157 e. The van der Waals surface area contributed by atoms with Gasteiger partial charge < -0.3 is 9.84 Å². The van der Waals surface area contributed by atoms with Crippen LogP contribution in [0.25, 0.3) is 21.2 Å². The van der Waals surface area contributed by atoms with Gasteiger partial charge in [0.25, 0.3) is 0 Å². The van der Waals surface area contributed by atoms with Crippen LogP contribution in [0.1, 0.15) is 16.0 Å². The quantitative estimate of drug-likeness (QED) is 0.277. The molecule has 6 rings (SSSR count). The molecule has 0 fully saturated rings. The Kier molecular flexibility index (Phi) is 4.29. The third kappa shape index (κ3) is 2.79. The van der Waals surface area contributed by atoms with Crippen LogP contribution in [0.5, 0.6) is 11.5 Å².